The topological polar surface area (TPSA) is 44.4 Å². The molecule has 0 saturated carbocycles. The Morgan fingerprint density at radius 3 is 3.05 bits per heavy atom. The third-order valence-electron chi connectivity index (χ3n) is 4.48. The molecule has 0 radical (unpaired) electrons. The molecule has 1 aromatic carbocycles. The van der Waals surface area contributed by atoms with E-state index in [0.717, 1.165) is 38.0 Å². The fourth-order valence-electron chi connectivity index (χ4n) is 2.72. The van der Waals surface area contributed by atoms with Crippen LogP contribution in [-0.2, 0) is 13.0 Å². The molecule has 1 aliphatic heterocycles. The van der Waals surface area contributed by atoms with E-state index in [-0.39, 0.29) is 5.91 Å². The van der Waals surface area contributed by atoms with Gasteiger partial charge in [0.15, 0.2) is 0 Å². The minimum Gasteiger partial charge on any atom is -0.351 e. The Labute approximate surface area is 127 Å². The SMILES string of the molecule is CCC(C)N(C)CCNC(=O)c1cccc2c1CCNC2. The lowest BCUT2D eigenvalue weighted by molar-refractivity contribution is 0.0946. The van der Waals surface area contributed by atoms with Crippen LogP contribution in [0, 0.1) is 0 Å². The summed E-state index contributed by atoms with van der Waals surface area (Å²) in [5, 5.41) is 6.40. The summed E-state index contributed by atoms with van der Waals surface area (Å²) in [7, 11) is 2.11. The molecule has 2 rings (SSSR count). The van der Waals surface area contributed by atoms with Crippen LogP contribution in [0.3, 0.4) is 0 Å². The van der Waals surface area contributed by atoms with Crippen LogP contribution in [0.2, 0.25) is 0 Å². The first kappa shape index (κ1) is 16.0. The Hall–Kier alpha value is -1.39. The number of fused-ring (bicyclic) bond motifs is 1. The van der Waals surface area contributed by atoms with Crippen molar-refractivity contribution in [1.82, 2.24) is 15.5 Å². The van der Waals surface area contributed by atoms with Gasteiger partial charge in [-0.3, -0.25) is 4.79 Å². The van der Waals surface area contributed by atoms with Crippen LogP contribution in [0.4, 0.5) is 0 Å². The molecular formula is C17H27N3O. The van der Waals surface area contributed by atoms with Gasteiger partial charge in [-0.2, -0.15) is 0 Å². The molecule has 0 aromatic heterocycles. The van der Waals surface area contributed by atoms with Crippen molar-refractivity contribution >= 4 is 5.91 Å². The minimum absolute atomic E-state index is 0.0614. The molecule has 0 bridgehead atoms. The van der Waals surface area contributed by atoms with Crippen LogP contribution >= 0.6 is 0 Å². The van der Waals surface area contributed by atoms with Crippen molar-refractivity contribution in [2.75, 3.05) is 26.7 Å². The molecule has 1 amide bonds. The summed E-state index contributed by atoms with van der Waals surface area (Å²) < 4.78 is 0. The monoisotopic (exact) mass is 289 g/mol. The van der Waals surface area contributed by atoms with E-state index in [2.05, 4.69) is 42.5 Å². The number of hydrogen-bond acceptors (Lipinski definition) is 3. The molecule has 4 heteroatoms. The standard InChI is InChI=1S/C17H27N3O/c1-4-13(2)20(3)11-10-19-17(21)16-7-5-6-14-12-18-9-8-15(14)16/h5-7,13,18H,4,8-12H2,1-3H3,(H,19,21). The number of benzene rings is 1. The maximum atomic E-state index is 12.4. The molecule has 0 fully saturated rings. The molecule has 116 valence electrons. The molecule has 1 heterocycles. The summed E-state index contributed by atoms with van der Waals surface area (Å²) in [6, 6.07) is 6.58. The number of carbonyl (C=O) groups is 1. The van der Waals surface area contributed by atoms with Crippen LogP contribution in [-0.4, -0.2) is 43.5 Å². The summed E-state index contributed by atoms with van der Waals surface area (Å²) in [4.78, 5) is 14.7. The maximum Gasteiger partial charge on any atom is 0.251 e. The first-order valence-corrected chi connectivity index (χ1v) is 7.93. The van der Waals surface area contributed by atoms with Crippen LogP contribution in [0.15, 0.2) is 18.2 Å². The van der Waals surface area contributed by atoms with Gasteiger partial charge >= 0.3 is 0 Å². The highest BCUT2D eigenvalue weighted by atomic mass is 16.1. The average Bonchev–Trinajstić information content (AvgIpc) is 2.53. The normalized spacial score (nSPS) is 15.6. The Balaban J connectivity index is 1.92. The van der Waals surface area contributed by atoms with E-state index < -0.39 is 0 Å². The van der Waals surface area contributed by atoms with E-state index in [9.17, 15) is 4.79 Å². The number of likely N-dealkylation sites (N-methyl/N-ethyl adjacent to an activating group) is 1. The third-order valence-corrected chi connectivity index (χ3v) is 4.48. The summed E-state index contributed by atoms with van der Waals surface area (Å²) in [5.74, 6) is 0.0614. The molecule has 0 aliphatic carbocycles. The highest BCUT2D eigenvalue weighted by molar-refractivity contribution is 5.96. The number of rotatable bonds is 6. The first-order valence-electron chi connectivity index (χ1n) is 7.93. The Bertz CT molecular complexity index is 487. The maximum absolute atomic E-state index is 12.4. The van der Waals surface area contributed by atoms with Gasteiger partial charge in [-0.1, -0.05) is 19.1 Å². The van der Waals surface area contributed by atoms with E-state index in [0.29, 0.717) is 12.6 Å². The van der Waals surface area contributed by atoms with E-state index in [1.807, 2.05) is 12.1 Å². The van der Waals surface area contributed by atoms with Crippen molar-refractivity contribution in [3.05, 3.63) is 34.9 Å². The smallest absolute Gasteiger partial charge is 0.251 e. The van der Waals surface area contributed by atoms with Gasteiger partial charge in [0.1, 0.15) is 0 Å². The Morgan fingerprint density at radius 2 is 2.29 bits per heavy atom. The fourth-order valence-corrected chi connectivity index (χ4v) is 2.72. The second kappa shape index (κ2) is 7.57. The zero-order valence-electron chi connectivity index (χ0n) is 13.4. The van der Waals surface area contributed by atoms with Gasteiger partial charge in [0.2, 0.25) is 0 Å². The predicted octanol–water partition coefficient (Wildman–Crippen LogP) is 1.79. The molecule has 1 atom stereocenters. The van der Waals surface area contributed by atoms with Crippen molar-refractivity contribution in [3.8, 4) is 0 Å². The van der Waals surface area contributed by atoms with E-state index >= 15 is 0 Å². The average molecular weight is 289 g/mol. The minimum atomic E-state index is 0.0614. The first-order chi connectivity index (χ1) is 10.1. The zero-order valence-corrected chi connectivity index (χ0v) is 13.4. The lowest BCUT2D eigenvalue weighted by Crippen LogP contribution is -2.37. The van der Waals surface area contributed by atoms with Gasteiger partial charge in [0.25, 0.3) is 5.91 Å². The van der Waals surface area contributed by atoms with E-state index in [4.69, 9.17) is 0 Å². The Kier molecular flexibility index (Phi) is 5.76. The molecule has 0 spiro atoms. The number of nitrogens with zero attached hydrogens (tertiary/aromatic N) is 1. The van der Waals surface area contributed by atoms with Crippen molar-refractivity contribution in [3.63, 3.8) is 0 Å². The summed E-state index contributed by atoms with van der Waals surface area (Å²) >= 11 is 0. The van der Waals surface area contributed by atoms with Crippen molar-refractivity contribution < 1.29 is 4.79 Å². The predicted molar refractivity (Wildman–Crippen MR) is 86.6 cm³/mol. The van der Waals surface area contributed by atoms with Crippen molar-refractivity contribution in [2.24, 2.45) is 0 Å². The van der Waals surface area contributed by atoms with Crippen LogP contribution in [0.5, 0.6) is 0 Å². The fraction of sp³-hybridized carbons (Fsp3) is 0.588. The van der Waals surface area contributed by atoms with E-state index in [1.54, 1.807) is 0 Å². The summed E-state index contributed by atoms with van der Waals surface area (Å²) in [6.45, 7) is 7.80. The van der Waals surface area contributed by atoms with Crippen molar-refractivity contribution in [1.29, 1.82) is 0 Å². The quantitative estimate of drug-likeness (QED) is 0.839. The molecule has 1 aliphatic rings. The van der Waals surface area contributed by atoms with Crippen LogP contribution < -0.4 is 10.6 Å². The molecule has 1 aromatic rings. The molecule has 0 saturated heterocycles. The molecular weight excluding hydrogens is 262 g/mol. The highest BCUT2D eigenvalue weighted by Crippen LogP contribution is 2.18. The van der Waals surface area contributed by atoms with Crippen molar-refractivity contribution in [2.45, 2.75) is 39.3 Å². The summed E-state index contributed by atoms with van der Waals surface area (Å²) in [5.41, 5.74) is 3.31. The second-order valence-electron chi connectivity index (χ2n) is 5.86. The lowest BCUT2D eigenvalue weighted by Gasteiger charge is -2.24. The number of nitrogens with one attached hydrogen (secondary N) is 2. The number of carbonyl (C=O) groups excluding carboxylic acids is 1. The van der Waals surface area contributed by atoms with Gasteiger partial charge in [-0.05, 0) is 50.6 Å². The van der Waals surface area contributed by atoms with Gasteiger partial charge < -0.3 is 15.5 Å². The molecule has 2 N–H and O–H groups in total. The molecule has 1 unspecified atom stereocenters. The highest BCUT2D eigenvalue weighted by Gasteiger charge is 2.17. The zero-order chi connectivity index (χ0) is 15.2. The van der Waals surface area contributed by atoms with Gasteiger partial charge in [-0.25, -0.2) is 0 Å². The van der Waals surface area contributed by atoms with Gasteiger partial charge in [-0.15, -0.1) is 0 Å². The Morgan fingerprint density at radius 1 is 1.48 bits per heavy atom. The van der Waals surface area contributed by atoms with Gasteiger partial charge in [0.05, 0.1) is 0 Å². The molecule has 4 nitrogen and oxygen atoms in total. The third kappa shape index (κ3) is 4.05. The van der Waals surface area contributed by atoms with Crippen LogP contribution in [0.25, 0.3) is 0 Å². The van der Waals surface area contributed by atoms with E-state index in [1.165, 1.54) is 11.1 Å². The number of hydrogen-bond donors (Lipinski definition) is 2. The molecule has 21 heavy (non-hydrogen) atoms. The largest absolute Gasteiger partial charge is 0.351 e. The lowest BCUT2D eigenvalue weighted by atomic mass is 9.95. The number of amides is 1. The summed E-state index contributed by atoms with van der Waals surface area (Å²) in [6.07, 6.45) is 2.06. The second-order valence-corrected chi connectivity index (χ2v) is 5.86. The van der Waals surface area contributed by atoms with Gasteiger partial charge in [0, 0.05) is 31.2 Å². The van der Waals surface area contributed by atoms with Crippen LogP contribution in [0.1, 0.15) is 41.8 Å².